The quantitative estimate of drug-likeness (QED) is 0.843. The lowest BCUT2D eigenvalue weighted by atomic mass is 10.1. The molecule has 1 fully saturated rings. The molecule has 0 atom stereocenters. The van der Waals surface area contributed by atoms with Gasteiger partial charge in [0.05, 0.1) is 11.5 Å². The van der Waals surface area contributed by atoms with Gasteiger partial charge < -0.3 is 10.6 Å². The highest BCUT2D eigenvalue weighted by Crippen LogP contribution is 2.30. The maximum absolute atomic E-state index is 11.4. The molecule has 18 heavy (non-hydrogen) atoms. The van der Waals surface area contributed by atoms with E-state index >= 15 is 0 Å². The Morgan fingerprint density at radius 3 is 2.56 bits per heavy atom. The van der Waals surface area contributed by atoms with Crippen LogP contribution in [0.4, 0.5) is 5.69 Å². The van der Waals surface area contributed by atoms with Gasteiger partial charge in [-0.3, -0.25) is 0 Å². The predicted molar refractivity (Wildman–Crippen MR) is 77.0 cm³/mol. The molecule has 2 N–H and O–H groups in total. The number of benzene rings is 1. The van der Waals surface area contributed by atoms with E-state index in [1.54, 1.807) is 11.8 Å². The van der Waals surface area contributed by atoms with Crippen LogP contribution in [0.25, 0.3) is 0 Å². The molecule has 1 heterocycles. The molecular formula is C12H18N2O2S2. The molecule has 0 saturated carbocycles. The van der Waals surface area contributed by atoms with Gasteiger partial charge in [0.25, 0.3) is 0 Å². The molecule has 0 aliphatic carbocycles. The van der Waals surface area contributed by atoms with Crippen LogP contribution < -0.4 is 10.6 Å². The molecule has 0 amide bonds. The van der Waals surface area contributed by atoms with Crippen LogP contribution in [-0.4, -0.2) is 39.3 Å². The third-order valence-electron chi connectivity index (χ3n) is 3.22. The van der Waals surface area contributed by atoms with Gasteiger partial charge in [-0.2, -0.15) is 0 Å². The van der Waals surface area contributed by atoms with Crippen molar-refractivity contribution in [2.45, 2.75) is 11.4 Å². The second-order valence-corrected chi connectivity index (χ2v) is 7.45. The van der Waals surface area contributed by atoms with Gasteiger partial charge in [-0.05, 0) is 18.4 Å². The minimum absolute atomic E-state index is 0.237. The monoisotopic (exact) mass is 286 g/mol. The van der Waals surface area contributed by atoms with Gasteiger partial charge in [-0.1, -0.05) is 6.07 Å². The molecule has 1 aliphatic rings. The summed E-state index contributed by atoms with van der Waals surface area (Å²) in [4.78, 5) is 3.30. The zero-order chi connectivity index (χ0) is 13.2. The van der Waals surface area contributed by atoms with E-state index in [-0.39, 0.29) is 11.5 Å². The summed E-state index contributed by atoms with van der Waals surface area (Å²) in [5.74, 6) is 0.473. The molecule has 0 radical (unpaired) electrons. The van der Waals surface area contributed by atoms with E-state index in [4.69, 9.17) is 5.73 Å². The van der Waals surface area contributed by atoms with Crippen LogP contribution in [0, 0.1) is 0 Å². The lowest BCUT2D eigenvalue weighted by molar-refractivity contribution is 0.586. The van der Waals surface area contributed by atoms with Gasteiger partial charge in [0.1, 0.15) is 0 Å². The topological polar surface area (TPSA) is 63.4 Å². The van der Waals surface area contributed by atoms with E-state index in [1.165, 1.54) is 4.90 Å². The van der Waals surface area contributed by atoms with Gasteiger partial charge in [0.2, 0.25) is 0 Å². The van der Waals surface area contributed by atoms with Crippen LogP contribution >= 0.6 is 11.8 Å². The summed E-state index contributed by atoms with van der Waals surface area (Å²) in [7, 11) is -2.84. The van der Waals surface area contributed by atoms with Crippen LogP contribution in [-0.2, 0) is 16.4 Å². The molecule has 6 heteroatoms. The van der Waals surface area contributed by atoms with Crippen LogP contribution in [0.2, 0.25) is 0 Å². The first-order valence-corrected chi connectivity index (χ1v) is 8.93. The number of thioether (sulfide) groups is 1. The molecule has 1 saturated heterocycles. The molecule has 1 aromatic rings. The smallest absolute Gasteiger partial charge is 0.153 e. The molecular weight excluding hydrogens is 268 g/mol. The van der Waals surface area contributed by atoms with Crippen LogP contribution in [0.5, 0.6) is 0 Å². The summed E-state index contributed by atoms with van der Waals surface area (Å²) < 4.78 is 22.9. The number of sulfone groups is 1. The van der Waals surface area contributed by atoms with E-state index in [0.717, 1.165) is 11.3 Å². The molecule has 0 spiro atoms. The summed E-state index contributed by atoms with van der Waals surface area (Å²) in [5, 5.41) is 0. The molecule has 0 aromatic heterocycles. The second kappa shape index (κ2) is 5.50. The minimum Gasteiger partial charge on any atom is -0.369 e. The SMILES string of the molecule is CSc1cccc(N2CCS(=O)(=O)CC2)c1CN. The molecule has 4 nitrogen and oxygen atoms in total. The molecule has 1 aromatic carbocycles. The summed E-state index contributed by atoms with van der Waals surface area (Å²) in [5.41, 5.74) is 8.03. The maximum Gasteiger partial charge on any atom is 0.153 e. The van der Waals surface area contributed by atoms with Crippen molar-refractivity contribution < 1.29 is 8.42 Å². The van der Waals surface area contributed by atoms with Crippen molar-refractivity contribution in [1.82, 2.24) is 0 Å². The summed E-state index contributed by atoms with van der Waals surface area (Å²) in [6.07, 6.45) is 2.03. The average Bonchev–Trinajstić information content (AvgIpc) is 2.37. The molecule has 0 bridgehead atoms. The van der Waals surface area contributed by atoms with Crippen molar-refractivity contribution in [3.63, 3.8) is 0 Å². The Kier molecular flexibility index (Phi) is 4.19. The maximum atomic E-state index is 11.4. The van der Waals surface area contributed by atoms with Gasteiger partial charge in [0, 0.05) is 35.8 Å². The van der Waals surface area contributed by atoms with Gasteiger partial charge in [-0.15, -0.1) is 11.8 Å². The Labute approximate surface area is 112 Å². The minimum atomic E-state index is -2.84. The van der Waals surface area contributed by atoms with Gasteiger partial charge in [0.15, 0.2) is 9.84 Å². The number of rotatable bonds is 3. The molecule has 2 rings (SSSR count). The fourth-order valence-corrected chi connectivity index (χ4v) is 4.05. The summed E-state index contributed by atoms with van der Waals surface area (Å²) in [6, 6.07) is 6.08. The molecule has 1 aliphatic heterocycles. The van der Waals surface area contributed by atoms with E-state index in [2.05, 4.69) is 11.0 Å². The zero-order valence-corrected chi connectivity index (χ0v) is 12.1. The van der Waals surface area contributed by atoms with Crippen molar-refractivity contribution in [2.24, 2.45) is 5.73 Å². The van der Waals surface area contributed by atoms with Crippen molar-refractivity contribution >= 4 is 27.3 Å². The first-order chi connectivity index (χ1) is 8.57. The number of nitrogens with zero attached hydrogens (tertiary/aromatic N) is 1. The number of hydrogen-bond donors (Lipinski definition) is 1. The Morgan fingerprint density at radius 2 is 2.00 bits per heavy atom. The second-order valence-electron chi connectivity index (χ2n) is 4.30. The molecule has 0 unspecified atom stereocenters. The fraction of sp³-hybridized carbons (Fsp3) is 0.500. The zero-order valence-electron chi connectivity index (χ0n) is 10.4. The van der Waals surface area contributed by atoms with E-state index in [9.17, 15) is 8.42 Å². The van der Waals surface area contributed by atoms with Crippen molar-refractivity contribution in [3.05, 3.63) is 23.8 Å². The first-order valence-electron chi connectivity index (χ1n) is 5.88. The van der Waals surface area contributed by atoms with Crippen molar-refractivity contribution in [3.8, 4) is 0 Å². The number of anilines is 1. The normalized spacial score (nSPS) is 18.9. The predicted octanol–water partition coefficient (Wildman–Crippen LogP) is 1.10. The average molecular weight is 286 g/mol. The molecule has 100 valence electrons. The number of hydrogen-bond acceptors (Lipinski definition) is 5. The van der Waals surface area contributed by atoms with Gasteiger partial charge >= 0.3 is 0 Å². The Morgan fingerprint density at radius 1 is 1.33 bits per heavy atom. The highest BCUT2D eigenvalue weighted by atomic mass is 32.2. The Hall–Kier alpha value is -0.720. The van der Waals surface area contributed by atoms with Crippen LogP contribution in [0.1, 0.15) is 5.56 Å². The first kappa shape index (κ1) is 13.7. The third-order valence-corrected chi connectivity index (χ3v) is 5.65. The number of nitrogens with two attached hydrogens (primary N) is 1. The van der Waals surface area contributed by atoms with E-state index in [0.29, 0.717) is 19.6 Å². The van der Waals surface area contributed by atoms with Crippen LogP contribution in [0.15, 0.2) is 23.1 Å². The Bertz CT molecular complexity index is 515. The van der Waals surface area contributed by atoms with Crippen molar-refractivity contribution in [2.75, 3.05) is 35.8 Å². The summed E-state index contributed by atoms with van der Waals surface area (Å²) in [6.45, 7) is 1.61. The Balaban J connectivity index is 2.29. The van der Waals surface area contributed by atoms with Gasteiger partial charge in [-0.25, -0.2) is 8.42 Å². The highest BCUT2D eigenvalue weighted by Gasteiger charge is 2.23. The van der Waals surface area contributed by atoms with E-state index < -0.39 is 9.84 Å². The third kappa shape index (κ3) is 2.81. The lowest BCUT2D eigenvalue weighted by Gasteiger charge is -2.31. The summed E-state index contributed by atoms with van der Waals surface area (Å²) >= 11 is 1.67. The standard InChI is InChI=1S/C12H18N2O2S2/c1-17-12-4-2-3-11(10(12)9-13)14-5-7-18(15,16)8-6-14/h2-4H,5-9,13H2,1H3. The highest BCUT2D eigenvalue weighted by molar-refractivity contribution is 7.98. The van der Waals surface area contributed by atoms with Crippen LogP contribution in [0.3, 0.4) is 0 Å². The van der Waals surface area contributed by atoms with E-state index in [1.807, 2.05) is 18.4 Å². The van der Waals surface area contributed by atoms with Crippen molar-refractivity contribution in [1.29, 1.82) is 0 Å². The fourth-order valence-electron chi connectivity index (χ4n) is 2.20. The lowest BCUT2D eigenvalue weighted by Crippen LogP contribution is -2.40. The largest absolute Gasteiger partial charge is 0.369 e.